The van der Waals surface area contributed by atoms with Crippen molar-refractivity contribution in [1.82, 2.24) is 5.32 Å². The van der Waals surface area contributed by atoms with E-state index in [-0.39, 0.29) is 25.5 Å². The predicted molar refractivity (Wildman–Crippen MR) is 86.2 cm³/mol. The highest BCUT2D eigenvalue weighted by Gasteiger charge is 2.25. The number of carbonyl (C=O) groups excluding carboxylic acids is 1. The Hall–Kier alpha value is -1.70. The van der Waals surface area contributed by atoms with Crippen LogP contribution in [-0.2, 0) is 4.79 Å². The number of benzene rings is 1. The van der Waals surface area contributed by atoms with Gasteiger partial charge in [-0.15, -0.1) is 0 Å². The van der Waals surface area contributed by atoms with Crippen LogP contribution < -0.4 is 15.0 Å². The molecule has 0 aromatic heterocycles. The maximum atomic E-state index is 14.1. The van der Waals surface area contributed by atoms with Gasteiger partial charge in [0, 0.05) is 18.3 Å². The largest absolute Gasteiger partial charge is 0.488 e. The number of carbonyl (C=O) groups is 1. The van der Waals surface area contributed by atoms with Gasteiger partial charge in [0.05, 0.1) is 12.2 Å². The molecule has 0 aliphatic carbocycles. The minimum Gasteiger partial charge on any atom is -0.488 e. The molecular formula is C16H25FN2O4. The van der Waals surface area contributed by atoms with Crippen molar-refractivity contribution in [3.8, 4) is 5.75 Å². The summed E-state index contributed by atoms with van der Waals surface area (Å²) in [4.78, 5) is 12.1. The van der Waals surface area contributed by atoms with Crippen molar-refractivity contribution < 1.29 is 24.1 Å². The Morgan fingerprint density at radius 1 is 1.48 bits per heavy atom. The number of nitrogens with one attached hydrogen (secondary N) is 1. The van der Waals surface area contributed by atoms with Crippen molar-refractivity contribution in [3.05, 3.63) is 24.0 Å². The second kappa shape index (κ2) is 9.44. The molecule has 0 spiro atoms. The molecule has 0 bridgehead atoms. The SMILES string of the molecule is CCC(O)(CCNC)COc1ccc(N(C=O)CCO)cc1F. The molecule has 0 saturated carbocycles. The van der Waals surface area contributed by atoms with Gasteiger partial charge in [0.15, 0.2) is 11.6 Å². The summed E-state index contributed by atoms with van der Waals surface area (Å²) in [5.41, 5.74) is -0.695. The van der Waals surface area contributed by atoms with Crippen molar-refractivity contribution in [1.29, 1.82) is 0 Å². The van der Waals surface area contributed by atoms with Crippen LogP contribution in [0.25, 0.3) is 0 Å². The Balaban J connectivity index is 2.76. The minimum atomic E-state index is -1.03. The highest BCUT2D eigenvalue weighted by molar-refractivity contribution is 5.75. The molecule has 1 amide bonds. The van der Waals surface area contributed by atoms with E-state index < -0.39 is 11.4 Å². The van der Waals surface area contributed by atoms with Gasteiger partial charge in [-0.1, -0.05) is 6.92 Å². The zero-order chi connectivity index (χ0) is 17.3. The van der Waals surface area contributed by atoms with Crippen LogP contribution >= 0.6 is 0 Å². The van der Waals surface area contributed by atoms with Gasteiger partial charge < -0.3 is 25.2 Å². The van der Waals surface area contributed by atoms with E-state index in [9.17, 15) is 14.3 Å². The first-order valence-corrected chi connectivity index (χ1v) is 7.61. The Morgan fingerprint density at radius 3 is 2.74 bits per heavy atom. The summed E-state index contributed by atoms with van der Waals surface area (Å²) >= 11 is 0. The molecule has 7 heteroatoms. The highest BCUT2D eigenvalue weighted by atomic mass is 19.1. The number of amides is 1. The van der Waals surface area contributed by atoms with Gasteiger partial charge in [0.1, 0.15) is 6.61 Å². The van der Waals surface area contributed by atoms with E-state index in [2.05, 4.69) is 5.32 Å². The van der Waals surface area contributed by atoms with E-state index in [0.717, 1.165) is 6.07 Å². The second-order valence-electron chi connectivity index (χ2n) is 5.36. The van der Waals surface area contributed by atoms with E-state index in [1.54, 1.807) is 7.05 Å². The third-order valence-corrected chi connectivity index (χ3v) is 3.71. The average molecular weight is 328 g/mol. The fraction of sp³-hybridized carbons (Fsp3) is 0.562. The van der Waals surface area contributed by atoms with Gasteiger partial charge in [-0.2, -0.15) is 0 Å². The average Bonchev–Trinajstić information content (AvgIpc) is 2.56. The van der Waals surface area contributed by atoms with E-state index in [4.69, 9.17) is 9.84 Å². The molecule has 1 unspecified atom stereocenters. The molecule has 130 valence electrons. The predicted octanol–water partition coefficient (Wildman–Crippen LogP) is 0.910. The number of hydrogen-bond acceptors (Lipinski definition) is 5. The monoisotopic (exact) mass is 328 g/mol. The lowest BCUT2D eigenvalue weighted by atomic mass is 9.98. The van der Waals surface area contributed by atoms with E-state index in [1.165, 1.54) is 17.0 Å². The Labute approximate surface area is 135 Å². The lowest BCUT2D eigenvalue weighted by Crippen LogP contribution is -2.38. The lowest BCUT2D eigenvalue weighted by Gasteiger charge is -2.27. The summed E-state index contributed by atoms with van der Waals surface area (Å²) in [6.45, 7) is 2.33. The Bertz CT molecular complexity index is 501. The fourth-order valence-corrected chi connectivity index (χ4v) is 2.06. The lowest BCUT2D eigenvalue weighted by molar-refractivity contribution is -0.107. The van der Waals surface area contributed by atoms with Crippen LogP contribution in [-0.4, -0.2) is 55.6 Å². The van der Waals surface area contributed by atoms with Crippen molar-refractivity contribution >= 4 is 12.1 Å². The highest BCUT2D eigenvalue weighted by Crippen LogP contribution is 2.25. The van der Waals surface area contributed by atoms with E-state index in [0.29, 0.717) is 31.5 Å². The molecule has 23 heavy (non-hydrogen) atoms. The van der Waals surface area contributed by atoms with Crippen molar-refractivity contribution in [2.24, 2.45) is 0 Å². The number of anilines is 1. The normalized spacial score (nSPS) is 13.4. The van der Waals surface area contributed by atoms with Gasteiger partial charge in [-0.25, -0.2) is 4.39 Å². The maximum absolute atomic E-state index is 14.1. The molecule has 0 radical (unpaired) electrons. The van der Waals surface area contributed by atoms with Crippen LogP contribution in [0.4, 0.5) is 10.1 Å². The number of hydrogen-bond donors (Lipinski definition) is 3. The summed E-state index contributed by atoms with van der Waals surface area (Å²) in [6.07, 6.45) is 1.51. The molecule has 0 fully saturated rings. The summed E-state index contributed by atoms with van der Waals surface area (Å²) in [6, 6.07) is 4.10. The van der Waals surface area contributed by atoms with Crippen LogP contribution in [0.15, 0.2) is 18.2 Å². The zero-order valence-electron chi connectivity index (χ0n) is 13.6. The summed E-state index contributed by atoms with van der Waals surface area (Å²) in [7, 11) is 1.79. The topological polar surface area (TPSA) is 82.0 Å². The fourth-order valence-electron chi connectivity index (χ4n) is 2.06. The molecular weight excluding hydrogens is 303 g/mol. The molecule has 0 saturated heterocycles. The number of aliphatic hydroxyl groups excluding tert-OH is 1. The number of halogens is 1. The molecule has 1 aromatic rings. The van der Waals surface area contributed by atoms with Crippen LogP contribution in [0, 0.1) is 5.82 Å². The van der Waals surface area contributed by atoms with Crippen molar-refractivity contribution in [2.45, 2.75) is 25.4 Å². The molecule has 6 nitrogen and oxygen atoms in total. The maximum Gasteiger partial charge on any atom is 0.214 e. The molecule has 0 aliphatic heterocycles. The number of rotatable bonds is 11. The first-order chi connectivity index (χ1) is 11.0. The van der Waals surface area contributed by atoms with Gasteiger partial charge in [-0.05, 0) is 38.6 Å². The van der Waals surface area contributed by atoms with Crippen LogP contribution in [0.5, 0.6) is 5.75 Å². The smallest absolute Gasteiger partial charge is 0.214 e. The molecule has 1 aromatic carbocycles. The zero-order valence-corrected chi connectivity index (χ0v) is 13.6. The molecule has 1 atom stereocenters. The first-order valence-electron chi connectivity index (χ1n) is 7.61. The molecule has 3 N–H and O–H groups in total. The van der Waals surface area contributed by atoms with Gasteiger partial charge in [0.25, 0.3) is 0 Å². The Kier molecular flexibility index (Phi) is 7.94. The van der Waals surface area contributed by atoms with Gasteiger partial charge in [-0.3, -0.25) is 4.79 Å². The number of ether oxygens (including phenoxy) is 1. The standard InChI is InChI=1S/C16H25FN2O4/c1-3-16(22,6-7-18-2)11-23-15-5-4-13(10-14(15)17)19(12-21)8-9-20/h4-5,10,12,18,20,22H,3,6-9,11H2,1-2H3. The van der Waals surface area contributed by atoms with Crippen LogP contribution in [0.3, 0.4) is 0 Å². The second-order valence-corrected chi connectivity index (χ2v) is 5.36. The third-order valence-electron chi connectivity index (χ3n) is 3.71. The van der Waals surface area contributed by atoms with Crippen molar-refractivity contribution in [3.63, 3.8) is 0 Å². The third kappa shape index (κ3) is 5.78. The summed E-state index contributed by atoms with van der Waals surface area (Å²) in [5.74, 6) is -0.612. The minimum absolute atomic E-state index is 0.0138. The van der Waals surface area contributed by atoms with E-state index >= 15 is 0 Å². The number of nitrogens with zero attached hydrogens (tertiary/aromatic N) is 1. The van der Waals surface area contributed by atoms with Crippen molar-refractivity contribution in [2.75, 3.05) is 38.3 Å². The molecule has 1 rings (SSSR count). The number of aliphatic hydroxyl groups is 2. The quantitative estimate of drug-likeness (QED) is 0.526. The van der Waals surface area contributed by atoms with E-state index in [1.807, 2.05) is 6.92 Å². The van der Waals surface area contributed by atoms with Gasteiger partial charge >= 0.3 is 0 Å². The molecule has 0 aliphatic rings. The Morgan fingerprint density at radius 2 is 2.22 bits per heavy atom. The first kappa shape index (κ1) is 19.3. The summed E-state index contributed by atoms with van der Waals surface area (Å²) < 4.78 is 19.5. The summed E-state index contributed by atoms with van der Waals surface area (Å²) in [5, 5.41) is 22.2. The van der Waals surface area contributed by atoms with Gasteiger partial charge in [0.2, 0.25) is 6.41 Å². The van der Waals surface area contributed by atoms with Crippen LogP contribution in [0.2, 0.25) is 0 Å². The van der Waals surface area contributed by atoms with Crippen LogP contribution in [0.1, 0.15) is 19.8 Å². The molecule has 0 heterocycles.